The van der Waals surface area contributed by atoms with Crippen molar-refractivity contribution >= 4 is 17.5 Å². The molecule has 0 bridgehead atoms. The third-order valence-corrected chi connectivity index (χ3v) is 7.14. The Balaban J connectivity index is 1.43. The van der Waals surface area contributed by atoms with E-state index in [-0.39, 0.29) is 24.3 Å². The van der Waals surface area contributed by atoms with Gasteiger partial charge in [-0.15, -0.1) is 0 Å². The molecular formula is C29H39N3O7. The Morgan fingerprint density at radius 2 is 1.95 bits per heavy atom. The first kappa shape index (κ1) is 29.7. The van der Waals surface area contributed by atoms with Crippen LogP contribution < -0.4 is 14.8 Å². The Kier molecular flexibility index (Phi) is 11.0. The van der Waals surface area contributed by atoms with Crippen molar-refractivity contribution < 1.29 is 29.1 Å². The average Bonchev–Trinajstić information content (AvgIpc) is 2.93. The second-order valence-electron chi connectivity index (χ2n) is 9.84. The molecule has 212 valence electrons. The second kappa shape index (κ2) is 14.4. The predicted molar refractivity (Wildman–Crippen MR) is 147 cm³/mol. The lowest BCUT2D eigenvalue weighted by Crippen LogP contribution is -2.43. The van der Waals surface area contributed by atoms with Gasteiger partial charge in [0.05, 0.1) is 25.6 Å². The zero-order valence-corrected chi connectivity index (χ0v) is 23.0. The number of methoxy groups -OCH3 is 2. The quantitative estimate of drug-likeness (QED) is 0.207. The highest BCUT2D eigenvalue weighted by Crippen LogP contribution is 2.38. The molecule has 0 saturated heterocycles. The number of phenols is 1. The van der Waals surface area contributed by atoms with Gasteiger partial charge in [-0.05, 0) is 61.8 Å². The van der Waals surface area contributed by atoms with Crippen LogP contribution in [-0.4, -0.2) is 60.1 Å². The van der Waals surface area contributed by atoms with Gasteiger partial charge in [0, 0.05) is 37.2 Å². The number of unbranched alkanes of at least 4 members (excludes halogenated alkanes) is 2. The number of carbonyl (C=O) groups is 2. The number of nitrogens with zero attached hydrogens (tertiary/aromatic N) is 2. The molecule has 2 aromatic carbocycles. The normalized spacial score (nSPS) is 14.3. The lowest BCUT2D eigenvalue weighted by Gasteiger charge is -2.36. The van der Waals surface area contributed by atoms with Gasteiger partial charge in [0.15, 0.2) is 17.2 Å². The number of ether oxygens (including phenoxy) is 2. The molecule has 0 fully saturated rings. The molecular weight excluding hydrogens is 502 g/mol. The number of carbonyl (C=O) groups excluding carboxylic acids is 2. The van der Waals surface area contributed by atoms with Crippen LogP contribution in [0.2, 0.25) is 0 Å². The van der Waals surface area contributed by atoms with Crippen molar-refractivity contribution in [1.29, 1.82) is 0 Å². The van der Waals surface area contributed by atoms with Crippen LogP contribution in [0.3, 0.4) is 0 Å². The standard InChI is InChI=1S/C29H39N3O7/c1-4-16-31(22-11-12-23-21(19-22)10-14-26(38-2)29(23)39-3)28(35)8-6-5-7-15-30-27(34)18-20-9-13-25(33)24(17-20)32(36)37/h9-10,13-14,17,22,33H,4-8,11-12,15-16,18-19H2,1-3H3,(H,30,34). The Morgan fingerprint density at radius 3 is 2.64 bits per heavy atom. The molecule has 0 heterocycles. The maximum Gasteiger partial charge on any atom is 0.310 e. The molecule has 0 spiro atoms. The molecule has 39 heavy (non-hydrogen) atoms. The summed E-state index contributed by atoms with van der Waals surface area (Å²) < 4.78 is 11.0. The molecule has 0 saturated carbocycles. The Bertz CT molecular complexity index is 1170. The molecule has 2 N–H and O–H groups in total. The van der Waals surface area contributed by atoms with E-state index in [1.807, 2.05) is 11.0 Å². The third kappa shape index (κ3) is 7.84. The maximum absolute atomic E-state index is 13.2. The van der Waals surface area contributed by atoms with E-state index in [1.165, 1.54) is 29.3 Å². The van der Waals surface area contributed by atoms with E-state index in [4.69, 9.17) is 9.47 Å². The van der Waals surface area contributed by atoms with Gasteiger partial charge in [0.25, 0.3) is 0 Å². The smallest absolute Gasteiger partial charge is 0.310 e. The second-order valence-corrected chi connectivity index (χ2v) is 9.84. The maximum atomic E-state index is 13.2. The number of amides is 2. The largest absolute Gasteiger partial charge is 0.502 e. The van der Waals surface area contributed by atoms with Gasteiger partial charge in [-0.25, -0.2) is 0 Å². The van der Waals surface area contributed by atoms with Crippen molar-refractivity contribution in [2.75, 3.05) is 27.3 Å². The van der Waals surface area contributed by atoms with Crippen LogP contribution in [0.25, 0.3) is 0 Å². The number of benzene rings is 2. The summed E-state index contributed by atoms with van der Waals surface area (Å²) in [6, 6.07) is 8.10. The minimum Gasteiger partial charge on any atom is -0.502 e. The van der Waals surface area contributed by atoms with E-state index in [1.54, 1.807) is 14.2 Å². The van der Waals surface area contributed by atoms with Crippen LogP contribution in [0, 0.1) is 10.1 Å². The van der Waals surface area contributed by atoms with Crippen LogP contribution in [0.15, 0.2) is 30.3 Å². The van der Waals surface area contributed by atoms with Crippen LogP contribution in [0.4, 0.5) is 5.69 Å². The highest BCUT2D eigenvalue weighted by molar-refractivity contribution is 5.79. The van der Waals surface area contributed by atoms with Gasteiger partial charge in [0.1, 0.15) is 0 Å². The number of hydrogen-bond acceptors (Lipinski definition) is 7. The molecule has 1 aliphatic carbocycles. The zero-order valence-electron chi connectivity index (χ0n) is 23.0. The minimum atomic E-state index is -0.679. The summed E-state index contributed by atoms with van der Waals surface area (Å²) >= 11 is 0. The van der Waals surface area contributed by atoms with Gasteiger partial charge in [-0.3, -0.25) is 19.7 Å². The Hall–Kier alpha value is -3.82. The number of rotatable bonds is 14. The SMILES string of the molecule is CCCN(C(=O)CCCCCNC(=O)Cc1ccc(O)c([N+](=O)[O-])c1)C1CCc2c(ccc(OC)c2OC)C1. The summed E-state index contributed by atoms with van der Waals surface area (Å²) in [7, 11) is 3.30. The Morgan fingerprint density at radius 1 is 1.15 bits per heavy atom. The number of phenolic OH excluding ortho intramolecular Hbond substituents is 1. The molecule has 1 unspecified atom stereocenters. The van der Waals surface area contributed by atoms with Crippen LogP contribution in [0.1, 0.15) is 62.1 Å². The van der Waals surface area contributed by atoms with E-state index in [9.17, 15) is 24.8 Å². The first-order valence-corrected chi connectivity index (χ1v) is 13.5. The van der Waals surface area contributed by atoms with Crippen molar-refractivity contribution in [2.45, 2.75) is 70.8 Å². The van der Waals surface area contributed by atoms with Gasteiger partial charge >= 0.3 is 5.69 Å². The van der Waals surface area contributed by atoms with Crippen molar-refractivity contribution in [3.8, 4) is 17.2 Å². The van der Waals surface area contributed by atoms with E-state index in [2.05, 4.69) is 18.3 Å². The van der Waals surface area contributed by atoms with Gasteiger partial charge in [-0.2, -0.15) is 0 Å². The monoisotopic (exact) mass is 541 g/mol. The number of hydrogen-bond donors (Lipinski definition) is 2. The van der Waals surface area contributed by atoms with Gasteiger partial charge < -0.3 is 24.8 Å². The molecule has 0 radical (unpaired) electrons. The van der Waals surface area contributed by atoms with E-state index >= 15 is 0 Å². The van der Waals surface area contributed by atoms with Crippen molar-refractivity contribution in [1.82, 2.24) is 10.2 Å². The molecule has 0 aliphatic heterocycles. The molecule has 1 aliphatic rings. The number of fused-ring (bicyclic) bond motifs is 1. The average molecular weight is 542 g/mol. The highest BCUT2D eigenvalue weighted by atomic mass is 16.6. The molecule has 3 rings (SSSR count). The lowest BCUT2D eigenvalue weighted by molar-refractivity contribution is -0.385. The van der Waals surface area contributed by atoms with Crippen molar-refractivity contribution in [3.05, 3.63) is 57.1 Å². The summed E-state index contributed by atoms with van der Waals surface area (Å²) in [5.41, 5.74) is 2.42. The molecule has 0 aromatic heterocycles. The first-order valence-electron chi connectivity index (χ1n) is 13.5. The van der Waals surface area contributed by atoms with E-state index in [0.717, 1.165) is 63.0 Å². The molecule has 2 aromatic rings. The number of aromatic hydroxyl groups is 1. The summed E-state index contributed by atoms with van der Waals surface area (Å²) in [6.07, 6.45) is 6.18. The molecule has 10 nitrogen and oxygen atoms in total. The molecule has 1 atom stereocenters. The van der Waals surface area contributed by atoms with Crippen LogP contribution >= 0.6 is 0 Å². The lowest BCUT2D eigenvalue weighted by atomic mass is 9.86. The minimum absolute atomic E-state index is 0.00520. The van der Waals surface area contributed by atoms with Crippen LogP contribution in [0.5, 0.6) is 17.2 Å². The third-order valence-electron chi connectivity index (χ3n) is 7.14. The molecule has 2 amide bonds. The number of nitro benzene ring substituents is 1. The van der Waals surface area contributed by atoms with Gasteiger partial charge in [-0.1, -0.05) is 25.5 Å². The summed E-state index contributed by atoms with van der Waals surface area (Å²) in [6.45, 7) is 3.29. The van der Waals surface area contributed by atoms with Crippen LogP contribution in [-0.2, 0) is 28.9 Å². The Labute approximate surface area is 229 Å². The number of nitrogens with one attached hydrogen (secondary N) is 1. The summed E-state index contributed by atoms with van der Waals surface area (Å²) in [5, 5.41) is 23.3. The fraction of sp³-hybridized carbons (Fsp3) is 0.517. The fourth-order valence-corrected chi connectivity index (χ4v) is 5.20. The topological polar surface area (TPSA) is 131 Å². The van der Waals surface area contributed by atoms with Gasteiger partial charge in [0.2, 0.25) is 11.8 Å². The van der Waals surface area contributed by atoms with E-state index in [0.29, 0.717) is 18.5 Å². The fourth-order valence-electron chi connectivity index (χ4n) is 5.20. The van der Waals surface area contributed by atoms with Crippen molar-refractivity contribution in [2.24, 2.45) is 0 Å². The molecule has 10 heteroatoms. The van der Waals surface area contributed by atoms with E-state index < -0.39 is 16.4 Å². The predicted octanol–water partition coefficient (Wildman–Crippen LogP) is 4.33. The van der Waals surface area contributed by atoms with Crippen molar-refractivity contribution in [3.63, 3.8) is 0 Å². The summed E-state index contributed by atoms with van der Waals surface area (Å²) in [5.74, 6) is 1.02. The first-order chi connectivity index (χ1) is 18.8. The summed E-state index contributed by atoms with van der Waals surface area (Å²) in [4.78, 5) is 37.7. The number of nitro groups is 1. The highest BCUT2D eigenvalue weighted by Gasteiger charge is 2.29. The zero-order chi connectivity index (χ0) is 28.4.